The Bertz CT molecular complexity index is 628. The third-order valence-electron chi connectivity index (χ3n) is 2.58. The number of hydrogen-bond donors (Lipinski definition) is 3. The van der Waals surface area contributed by atoms with Crippen molar-refractivity contribution in [3.8, 4) is 5.75 Å². The molecule has 110 valence electrons. The standard InChI is InChI=1S/C13H14N4O3S/c14-13(17-19)10-3-1-2-4-11(10)20-6-12(18)15-5-9-7-21-8-16-9/h1-4,7-8,19H,5-6H2,(H2,14,17)(H,15,18). The van der Waals surface area contributed by atoms with E-state index in [-0.39, 0.29) is 18.3 Å². The van der Waals surface area contributed by atoms with Crippen molar-refractivity contribution in [2.75, 3.05) is 6.61 Å². The van der Waals surface area contributed by atoms with Crippen molar-refractivity contribution in [2.45, 2.75) is 6.54 Å². The van der Waals surface area contributed by atoms with E-state index in [1.165, 1.54) is 11.3 Å². The molecule has 0 aliphatic rings. The van der Waals surface area contributed by atoms with Crippen LogP contribution in [0.1, 0.15) is 11.3 Å². The Hall–Kier alpha value is -2.61. The van der Waals surface area contributed by atoms with Gasteiger partial charge >= 0.3 is 0 Å². The van der Waals surface area contributed by atoms with Gasteiger partial charge in [-0.05, 0) is 12.1 Å². The molecule has 0 fully saturated rings. The molecule has 1 amide bonds. The van der Waals surface area contributed by atoms with Gasteiger partial charge in [0.1, 0.15) is 5.75 Å². The van der Waals surface area contributed by atoms with Crippen molar-refractivity contribution in [3.63, 3.8) is 0 Å². The number of nitrogens with zero attached hydrogens (tertiary/aromatic N) is 2. The lowest BCUT2D eigenvalue weighted by atomic mass is 10.2. The normalized spacial score (nSPS) is 11.1. The van der Waals surface area contributed by atoms with Crippen molar-refractivity contribution in [1.29, 1.82) is 0 Å². The zero-order valence-corrected chi connectivity index (χ0v) is 11.8. The van der Waals surface area contributed by atoms with Gasteiger partial charge in [0.15, 0.2) is 12.4 Å². The van der Waals surface area contributed by atoms with Crippen LogP contribution < -0.4 is 15.8 Å². The van der Waals surface area contributed by atoms with Gasteiger partial charge in [-0.2, -0.15) is 0 Å². The first-order valence-corrected chi connectivity index (χ1v) is 6.98. The van der Waals surface area contributed by atoms with Crippen molar-refractivity contribution in [3.05, 3.63) is 46.4 Å². The zero-order valence-electron chi connectivity index (χ0n) is 11.0. The number of amidine groups is 1. The molecule has 0 atom stereocenters. The summed E-state index contributed by atoms with van der Waals surface area (Å²) >= 11 is 1.46. The third kappa shape index (κ3) is 4.18. The maximum Gasteiger partial charge on any atom is 0.258 e. The zero-order chi connectivity index (χ0) is 15.1. The topological polar surface area (TPSA) is 110 Å². The van der Waals surface area contributed by atoms with Crippen LogP contribution in [0.4, 0.5) is 0 Å². The van der Waals surface area contributed by atoms with Gasteiger partial charge in [-0.1, -0.05) is 17.3 Å². The van der Waals surface area contributed by atoms with Gasteiger partial charge in [0.25, 0.3) is 5.91 Å². The van der Waals surface area contributed by atoms with Gasteiger partial charge in [-0.3, -0.25) is 4.79 Å². The Balaban J connectivity index is 1.89. The van der Waals surface area contributed by atoms with E-state index in [0.717, 1.165) is 5.69 Å². The monoisotopic (exact) mass is 306 g/mol. The lowest BCUT2D eigenvalue weighted by molar-refractivity contribution is -0.123. The van der Waals surface area contributed by atoms with Gasteiger partial charge in [0, 0.05) is 5.38 Å². The number of hydrogen-bond acceptors (Lipinski definition) is 6. The lowest BCUT2D eigenvalue weighted by Gasteiger charge is -2.10. The van der Waals surface area contributed by atoms with Crippen molar-refractivity contribution >= 4 is 23.1 Å². The molecule has 0 unspecified atom stereocenters. The van der Waals surface area contributed by atoms with Crippen LogP contribution in [0.15, 0.2) is 40.3 Å². The van der Waals surface area contributed by atoms with Crippen LogP contribution in [0.3, 0.4) is 0 Å². The van der Waals surface area contributed by atoms with E-state index < -0.39 is 0 Å². The van der Waals surface area contributed by atoms with E-state index in [2.05, 4.69) is 15.5 Å². The summed E-state index contributed by atoms with van der Waals surface area (Å²) in [5, 5.41) is 16.2. The maximum absolute atomic E-state index is 11.7. The van der Waals surface area contributed by atoms with Crippen LogP contribution in [0, 0.1) is 0 Å². The predicted octanol–water partition coefficient (Wildman–Crippen LogP) is 0.933. The Morgan fingerprint density at radius 2 is 2.29 bits per heavy atom. The van der Waals surface area contributed by atoms with E-state index >= 15 is 0 Å². The highest BCUT2D eigenvalue weighted by Gasteiger charge is 2.09. The molecule has 7 nitrogen and oxygen atoms in total. The van der Waals surface area contributed by atoms with Crippen LogP contribution in [0.25, 0.3) is 0 Å². The molecule has 0 saturated heterocycles. The average molecular weight is 306 g/mol. The minimum absolute atomic E-state index is 0.0755. The number of para-hydroxylation sites is 1. The predicted molar refractivity (Wildman–Crippen MR) is 78.4 cm³/mol. The maximum atomic E-state index is 11.7. The van der Waals surface area contributed by atoms with E-state index in [0.29, 0.717) is 17.9 Å². The Kier molecular flexibility index (Phi) is 5.10. The number of thiazole rings is 1. The fourth-order valence-corrected chi connectivity index (χ4v) is 2.12. The molecule has 1 aromatic heterocycles. The van der Waals surface area contributed by atoms with Gasteiger partial charge in [0.2, 0.25) is 0 Å². The molecule has 0 aliphatic carbocycles. The van der Waals surface area contributed by atoms with E-state index in [1.54, 1.807) is 29.8 Å². The molecule has 1 heterocycles. The van der Waals surface area contributed by atoms with Gasteiger partial charge in [-0.15, -0.1) is 11.3 Å². The molecule has 4 N–H and O–H groups in total. The molecule has 2 rings (SSSR count). The smallest absolute Gasteiger partial charge is 0.258 e. The fourth-order valence-electron chi connectivity index (χ4n) is 1.57. The molecule has 0 radical (unpaired) electrons. The Morgan fingerprint density at radius 1 is 1.48 bits per heavy atom. The Labute approximate surface area is 125 Å². The number of carbonyl (C=O) groups excluding carboxylic acids is 1. The quantitative estimate of drug-likeness (QED) is 0.318. The number of amides is 1. The average Bonchev–Trinajstić information content (AvgIpc) is 3.04. The summed E-state index contributed by atoms with van der Waals surface area (Å²) in [7, 11) is 0. The number of aromatic nitrogens is 1. The van der Waals surface area contributed by atoms with Crippen LogP contribution in [0.2, 0.25) is 0 Å². The van der Waals surface area contributed by atoms with Crippen molar-refractivity contribution in [1.82, 2.24) is 10.3 Å². The minimum Gasteiger partial charge on any atom is -0.483 e. The fraction of sp³-hybridized carbons (Fsp3) is 0.154. The molecule has 0 saturated carbocycles. The Morgan fingerprint density at radius 3 is 3.00 bits per heavy atom. The van der Waals surface area contributed by atoms with Crippen LogP contribution in [-0.4, -0.2) is 28.5 Å². The SMILES string of the molecule is NC(=NO)c1ccccc1OCC(=O)NCc1cscn1. The first kappa shape index (κ1) is 14.8. The summed E-state index contributed by atoms with van der Waals surface area (Å²) < 4.78 is 5.39. The summed E-state index contributed by atoms with van der Waals surface area (Å²) in [5.41, 5.74) is 8.46. The summed E-state index contributed by atoms with van der Waals surface area (Å²) in [6.07, 6.45) is 0. The largest absolute Gasteiger partial charge is 0.483 e. The molecule has 2 aromatic rings. The van der Waals surface area contributed by atoms with Gasteiger partial charge in [0.05, 0.1) is 23.3 Å². The van der Waals surface area contributed by atoms with E-state index in [9.17, 15) is 4.79 Å². The van der Waals surface area contributed by atoms with Gasteiger partial charge in [-0.25, -0.2) is 4.98 Å². The number of ether oxygens (including phenoxy) is 1. The molecule has 0 bridgehead atoms. The molecular formula is C13H14N4O3S. The first-order chi connectivity index (χ1) is 10.2. The minimum atomic E-state index is -0.280. The molecular weight excluding hydrogens is 292 g/mol. The molecule has 1 aromatic carbocycles. The number of oxime groups is 1. The highest BCUT2D eigenvalue weighted by molar-refractivity contribution is 7.07. The summed E-state index contributed by atoms with van der Waals surface area (Å²) in [6.45, 7) is 0.188. The summed E-state index contributed by atoms with van der Waals surface area (Å²) in [4.78, 5) is 15.7. The molecule has 21 heavy (non-hydrogen) atoms. The molecule has 8 heteroatoms. The lowest BCUT2D eigenvalue weighted by Crippen LogP contribution is -2.29. The van der Waals surface area contributed by atoms with Crippen LogP contribution in [-0.2, 0) is 11.3 Å². The van der Waals surface area contributed by atoms with Crippen molar-refractivity contribution in [2.24, 2.45) is 10.9 Å². The number of nitrogens with one attached hydrogen (secondary N) is 1. The third-order valence-corrected chi connectivity index (χ3v) is 3.21. The second-order valence-electron chi connectivity index (χ2n) is 4.03. The highest BCUT2D eigenvalue weighted by atomic mass is 32.1. The second kappa shape index (κ2) is 7.25. The number of benzene rings is 1. The van der Waals surface area contributed by atoms with E-state index in [4.69, 9.17) is 15.7 Å². The molecule has 0 aliphatic heterocycles. The van der Waals surface area contributed by atoms with Crippen LogP contribution in [0.5, 0.6) is 5.75 Å². The summed E-state index contributed by atoms with van der Waals surface area (Å²) in [6, 6.07) is 6.73. The first-order valence-electron chi connectivity index (χ1n) is 6.04. The van der Waals surface area contributed by atoms with Crippen molar-refractivity contribution < 1.29 is 14.7 Å². The molecule has 0 spiro atoms. The number of nitrogens with two attached hydrogens (primary N) is 1. The highest BCUT2D eigenvalue weighted by Crippen LogP contribution is 2.17. The van der Waals surface area contributed by atoms with E-state index in [1.807, 2.05) is 5.38 Å². The number of rotatable bonds is 6. The van der Waals surface area contributed by atoms with Gasteiger partial charge < -0.3 is 21.0 Å². The second-order valence-corrected chi connectivity index (χ2v) is 4.75. The van der Waals surface area contributed by atoms with Crippen LogP contribution >= 0.6 is 11.3 Å². The summed E-state index contributed by atoms with van der Waals surface area (Å²) in [5.74, 6) is 0.0161. The number of carbonyl (C=O) groups is 1.